The molecule has 0 amide bonds. The van der Waals surface area contributed by atoms with E-state index < -0.39 is 0 Å². The molecule has 2 rings (SSSR count). The SMILES string of the molecule is Cc1cc(/C=C/c2ccc(N(C)C)cc2)cc(C)[o+]1. The zero-order valence-electron chi connectivity index (χ0n) is 12.0. The van der Waals surface area contributed by atoms with Crippen LogP contribution in [0.1, 0.15) is 22.6 Å². The van der Waals surface area contributed by atoms with Gasteiger partial charge in [-0.1, -0.05) is 24.3 Å². The molecule has 0 bridgehead atoms. The summed E-state index contributed by atoms with van der Waals surface area (Å²) in [5.41, 5.74) is 3.57. The molecule has 0 spiro atoms. The molecule has 0 atom stereocenters. The Morgan fingerprint density at radius 1 is 0.842 bits per heavy atom. The van der Waals surface area contributed by atoms with Crippen LogP contribution in [-0.4, -0.2) is 14.1 Å². The van der Waals surface area contributed by atoms with Crippen LogP contribution in [-0.2, 0) is 0 Å². The molecule has 0 aliphatic heterocycles. The van der Waals surface area contributed by atoms with Gasteiger partial charge in [0.25, 0.3) is 0 Å². The molecular weight excluding hydrogens is 234 g/mol. The summed E-state index contributed by atoms with van der Waals surface area (Å²) >= 11 is 0. The smallest absolute Gasteiger partial charge is 0.327 e. The quantitative estimate of drug-likeness (QED) is 0.753. The van der Waals surface area contributed by atoms with Crippen molar-refractivity contribution in [2.24, 2.45) is 0 Å². The molecule has 98 valence electrons. The van der Waals surface area contributed by atoms with Crippen molar-refractivity contribution in [2.45, 2.75) is 13.8 Å². The maximum Gasteiger partial charge on any atom is 0.327 e. The molecular formula is C17H20NO+. The van der Waals surface area contributed by atoms with Crippen molar-refractivity contribution < 1.29 is 4.42 Å². The summed E-state index contributed by atoms with van der Waals surface area (Å²) < 4.78 is 5.47. The van der Waals surface area contributed by atoms with E-state index in [1.165, 1.54) is 11.3 Å². The lowest BCUT2D eigenvalue weighted by atomic mass is 10.1. The Labute approximate surface area is 115 Å². The molecule has 0 radical (unpaired) electrons. The van der Waals surface area contributed by atoms with Gasteiger partial charge >= 0.3 is 11.5 Å². The fraction of sp³-hybridized carbons (Fsp3) is 0.235. The Morgan fingerprint density at radius 2 is 1.37 bits per heavy atom. The van der Waals surface area contributed by atoms with E-state index in [-0.39, 0.29) is 0 Å². The minimum absolute atomic E-state index is 0.933. The standard InChI is InChI=1S/C17H20NO/c1-13-11-16(12-14(2)19-13)6-5-15-7-9-17(10-8-15)18(3)4/h5-12H,1-4H3/q+1/b6-5+. The third-order valence-electron chi connectivity index (χ3n) is 2.94. The van der Waals surface area contributed by atoms with Crippen LogP contribution in [0.3, 0.4) is 0 Å². The van der Waals surface area contributed by atoms with Gasteiger partial charge in [0.2, 0.25) is 0 Å². The van der Waals surface area contributed by atoms with Gasteiger partial charge in [-0.3, -0.25) is 0 Å². The van der Waals surface area contributed by atoms with Crippen molar-refractivity contribution in [2.75, 3.05) is 19.0 Å². The van der Waals surface area contributed by atoms with Gasteiger partial charge in [-0.15, -0.1) is 0 Å². The van der Waals surface area contributed by atoms with Gasteiger partial charge in [0.05, 0.1) is 13.8 Å². The average Bonchev–Trinajstić information content (AvgIpc) is 2.36. The molecule has 0 saturated heterocycles. The zero-order valence-corrected chi connectivity index (χ0v) is 12.0. The monoisotopic (exact) mass is 254 g/mol. The van der Waals surface area contributed by atoms with E-state index >= 15 is 0 Å². The third-order valence-corrected chi connectivity index (χ3v) is 2.94. The second-order valence-electron chi connectivity index (χ2n) is 4.93. The third kappa shape index (κ3) is 3.68. The van der Waals surface area contributed by atoms with E-state index in [4.69, 9.17) is 4.42 Å². The summed E-state index contributed by atoms with van der Waals surface area (Å²) in [6, 6.07) is 12.6. The number of anilines is 1. The Hall–Kier alpha value is -2.09. The largest absolute Gasteiger partial charge is 0.378 e. The van der Waals surface area contributed by atoms with Gasteiger partial charge in [0.1, 0.15) is 0 Å². The summed E-state index contributed by atoms with van der Waals surface area (Å²) in [5, 5.41) is 0. The Kier molecular flexibility index (Phi) is 4.00. The van der Waals surface area contributed by atoms with Crippen molar-refractivity contribution in [1.82, 2.24) is 0 Å². The molecule has 0 aliphatic rings. The van der Waals surface area contributed by atoms with E-state index in [9.17, 15) is 0 Å². The number of aryl methyl sites for hydroxylation is 2. The van der Waals surface area contributed by atoms with Crippen LogP contribution in [0.4, 0.5) is 5.69 Å². The van der Waals surface area contributed by atoms with Crippen LogP contribution in [0.25, 0.3) is 12.2 Å². The lowest BCUT2D eigenvalue weighted by molar-refractivity contribution is 0.485. The summed E-state index contributed by atoms with van der Waals surface area (Å²) in [6.07, 6.45) is 4.23. The number of nitrogens with zero attached hydrogens (tertiary/aromatic N) is 1. The van der Waals surface area contributed by atoms with Gasteiger partial charge in [-0.2, -0.15) is 0 Å². The van der Waals surface area contributed by atoms with E-state index in [2.05, 4.69) is 41.3 Å². The van der Waals surface area contributed by atoms with Crippen LogP contribution >= 0.6 is 0 Å². The molecule has 1 aromatic heterocycles. The summed E-state index contributed by atoms with van der Waals surface area (Å²) in [6.45, 7) is 3.94. The maximum absolute atomic E-state index is 5.47. The minimum atomic E-state index is 0.933. The predicted octanol–water partition coefficient (Wildman–Crippen LogP) is 4.41. The first-order chi connectivity index (χ1) is 9.04. The first-order valence-electron chi connectivity index (χ1n) is 6.41. The van der Waals surface area contributed by atoms with Gasteiger partial charge in [-0.25, -0.2) is 4.42 Å². The number of rotatable bonds is 3. The molecule has 1 heterocycles. The topological polar surface area (TPSA) is 14.5 Å². The number of hydrogen-bond donors (Lipinski definition) is 0. The number of hydrogen-bond acceptors (Lipinski definition) is 1. The predicted molar refractivity (Wildman–Crippen MR) is 82.3 cm³/mol. The second-order valence-corrected chi connectivity index (χ2v) is 4.93. The molecule has 0 aliphatic carbocycles. The zero-order chi connectivity index (χ0) is 13.8. The molecule has 2 aromatic rings. The van der Waals surface area contributed by atoms with Crippen molar-refractivity contribution in [3.8, 4) is 0 Å². The summed E-state index contributed by atoms with van der Waals surface area (Å²) in [4.78, 5) is 2.10. The average molecular weight is 254 g/mol. The molecule has 0 saturated carbocycles. The summed E-state index contributed by atoms with van der Waals surface area (Å²) in [5.74, 6) is 1.87. The minimum Gasteiger partial charge on any atom is -0.378 e. The fourth-order valence-electron chi connectivity index (χ4n) is 2.00. The van der Waals surface area contributed by atoms with Crippen LogP contribution in [0.2, 0.25) is 0 Å². The highest BCUT2D eigenvalue weighted by atomic mass is 16.3. The highest BCUT2D eigenvalue weighted by molar-refractivity contribution is 5.70. The van der Waals surface area contributed by atoms with Crippen molar-refractivity contribution >= 4 is 17.8 Å². The van der Waals surface area contributed by atoms with Crippen molar-refractivity contribution in [3.05, 3.63) is 59.0 Å². The molecule has 0 fully saturated rings. The second kappa shape index (κ2) is 5.70. The van der Waals surface area contributed by atoms with Crippen LogP contribution < -0.4 is 4.90 Å². The molecule has 2 nitrogen and oxygen atoms in total. The lowest BCUT2D eigenvalue weighted by Gasteiger charge is -2.11. The van der Waals surface area contributed by atoms with Gasteiger partial charge in [-0.05, 0) is 23.3 Å². The van der Waals surface area contributed by atoms with E-state index in [0.29, 0.717) is 0 Å². The molecule has 0 N–H and O–H groups in total. The van der Waals surface area contributed by atoms with Crippen molar-refractivity contribution in [3.63, 3.8) is 0 Å². The lowest BCUT2D eigenvalue weighted by Crippen LogP contribution is -2.07. The Balaban J connectivity index is 2.17. The fourth-order valence-corrected chi connectivity index (χ4v) is 2.00. The Bertz CT molecular complexity index is 562. The maximum atomic E-state index is 5.47. The van der Waals surface area contributed by atoms with Crippen LogP contribution in [0, 0.1) is 13.8 Å². The van der Waals surface area contributed by atoms with Gasteiger partial charge < -0.3 is 4.90 Å². The van der Waals surface area contributed by atoms with E-state index in [0.717, 1.165) is 17.1 Å². The Morgan fingerprint density at radius 3 is 1.89 bits per heavy atom. The highest BCUT2D eigenvalue weighted by Gasteiger charge is 2.05. The van der Waals surface area contributed by atoms with E-state index in [1.54, 1.807) is 0 Å². The molecule has 0 unspecified atom stereocenters. The molecule has 19 heavy (non-hydrogen) atoms. The first kappa shape index (κ1) is 13.3. The van der Waals surface area contributed by atoms with Crippen LogP contribution in [0.15, 0.2) is 40.8 Å². The highest BCUT2D eigenvalue weighted by Crippen LogP contribution is 2.16. The molecule has 1 aromatic carbocycles. The first-order valence-corrected chi connectivity index (χ1v) is 6.41. The van der Waals surface area contributed by atoms with Gasteiger partial charge in [0.15, 0.2) is 0 Å². The van der Waals surface area contributed by atoms with Crippen molar-refractivity contribution in [1.29, 1.82) is 0 Å². The summed E-state index contributed by atoms with van der Waals surface area (Å²) in [7, 11) is 4.09. The normalized spacial score (nSPS) is 10.9. The molecule has 2 heteroatoms. The number of benzene rings is 1. The van der Waals surface area contributed by atoms with Gasteiger partial charge in [0, 0.05) is 31.9 Å². The van der Waals surface area contributed by atoms with E-state index in [1.807, 2.05) is 40.1 Å². The van der Waals surface area contributed by atoms with Crippen LogP contribution in [0.5, 0.6) is 0 Å².